The molecular weight excluding hydrogens is 702 g/mol. The summed E-state index contributed by atoms with van der Waals surface area (Å²) in [5.74, 6) is -0.948. The molecule has 3 aromatic carbocycles. The van der Waals surface area contributed by atoms with E-state index < -0.39 is 54.1 Å². The van der Waals surface area contributed by atoms with Crippen LogP contribution in [0.1, 0.15) is 61.5 Å². The normalized spacial score (nSPS) is 18.8. The van der Waals surface area contributed by atoms with Gasteiger partial charge in [-0.1, -0.05) is 62.4 Å². The average molecular weight is 758 g/mol. The van der Waals surface area contributed by atoms with Crippen molar-refractivity contribution >= 4 is 29.5 Å². The van der Waals surface area contributed by atoms with Crippen LogP contribution in [0, 0.1) is 5.92 Å². The molecule has 296 valence electrons. The maximum absolute atomic E-state index is 13.9. The molecule has 5 amide bonds. The van der Waals surface area contributed by atoms with E-state index in [0.717, 1.165) is 11.1 Å². The number of hydrogen-bond acceptors (Lipinski definition) is 8. The Morgan fingerprint density at radius 3 is 2.38 bits per heavy atom. The molecule has 3 aromatic rings. The van der Waals surface area contributed by atoms with Gasteiger partial charge >= 0.3 is 0 Å². The summed E-state index contributed by atoms with van der Waals surface area (Å²) >= 11 is 0. The zero-order chi connectivity index (χ0) is 39.9. The van der Waals surface area contributed by atoms with Crippen LogP contribution in [-0.2, 0) is 32.0 Å². The van der Waals surface area contributed by atoms with Crippen LogP contribution in [0.4, 0.5) is 0 Å². The van der Waals surface area contributed by atoms with Gasteiger partial charge in [0.1, 0.15) is 24.4 Å². The number of rotatable bonds is 12. The van der Waals surface area contributed by atoms with Crippen molar-refractivity contribution in [2.75, 3.05) is 47.5 Å². The molecule has 0 unspecified atom stereocenters. The molecule has 4 rings (SSSR count). The van der Waals surface area contributed by atoms with Gasteiger partial charge in [-0.15, -0.1) is 0 Å². The molecule has 0 bridgehead atoms. The van der Waals surface area contributed by atoms with Crippen molar-refractivity contribution < 1.29 is 38.2 Å². The number of nitrogens with zero attached hydrogens (tertiary/aromatic N) is 2. The van der Waals surface area contributed by atoms with E-state index in [9.17, 15) is 24.0 Å². The highest BCUT2D eigenvalue weighted by molar-refractivity contribution is 6.01. The van der Waals surface area contributed by atoms with Crippen molar-refractivity contribution in [2.45, 2.75) is 71.0 Å². The number of amides is 5. The zero-order valence-electron chi connectivity index (χ0n) is 32.8. The smallest absolute Gasteiger partial charge is 0.255 e. The topological polar surface area (TPSA) is 156 Å². The van der Waals surface area contributed by atoms with Crippen LogP contribution in [0.2, 0.25) is 0 Å². The van der Waals surface area contributed by atoms with Gasteiger partial charge in [-0.05, 0) is 73.9 Å². The Bertz CT molecular complexity index is 1770. The molecule has 0 fully saturated rings. The molecule has 0 spiro atoms. The average Bonchev–Trinajstić information content (AvgIpc) is 3.17. The Balaban J connectivity index is 1.59. The lowest BCUT2D eigenvalue weighted by Gasteiger charge is -2.32. The van der Waals surface area contributed by atoms with Crippen molar-refractivity contribution in [3.05, 3.63) is 89.5 Å². The first-order valence-corrected chi connectivity index (χ1v) is 18.8. The number of para-hydroxylation sites is 1. The van der Waals surface area contributed by atoms with Crippen LogP contribution in [-0.4, -0.2) is 105 Å². The second kappa shape index (κ2) is 20.8. The fourth-order valence-electron chi connectivity index (χ4n) is 6.42. The first kappa shape index (κ1) is 42.2. The summed E-state index contributed by atoms with van der Waals surface area (Å²) in [4.78, 5) is 71.4. The zero-order valence-corrected chi connectivity index (χ0v) is 32.8. The number of carbonyl (C=O) groups excluding carboxylic acids is 5. The third-order valence-corrected chi connectivity index (χ3v) is 9.33. The van der Waals surface area contributed by atoms with Gasteiger partial charge in [-0.25, -0.2) is 0 Å². The molecule has 3 atom stereocenters. The summed E-state index contributed by atoms with van der Waals surface area (Å²) < 4.78 is 17.2. The molecule has 13 heteroatoms. The lowest BCUT2D eigenvalue weighted by atomic mass is 10.0. The number of carbonyl (C=O) groups is 5. The lowest BCUT2D eigenvalue weighted by Crippen LogP contribution is -2.54. The lowest BCUT2D eigenvalue weighted by molar-refractivity contribution is -0.146. The van der Waals surface area contributed by atoms with E-state index in [0.29, 0.717) is 43.8 Å². The summed E-state index contributed by atoms with van der Waals surface area (Å²) in [6, 6.07) is 19.2. The SMILES string of the molecule is CCOc1ccc(CCCNC(=O)[C@@H]2CC(=O)N(C)[C@@H](CC(C)C)C(=O)N(C)CC(=O)N[C@H](Cc3ccccc3)COc3ccccc3C(=O)N2)cc1OC. The second-order valence-corrected chi connectivity index (χ2v) is 14.1. The first-order valence-electron chi connectivity index (χ1n) is 18.8. The van der Waals surface area contributed by atoms with Gasteiger partial charge in [0.05, 0.1) is 38.3 Å². The number of benzene rings is 3. The van der Waals surface area contributed by atoms with E-state index in [2.05, 4.69) is 16.0 Å². The molecular formula is C42H55N5O8. The van der Waals surface area contributed by atoms with E-state index in [4.69, 9.17) is 14.2 Å². The number of nitrogens with one attached hydrogen (secondary N) is 3. The fraction of sp³-hybridized carbons (Fsp3) is 0.452. The van der Waals surface area contributed by atoms with Crippen LogP contribution >= 0.6 is 0 Å². The third kappa shape index (κ3) is 12.5. The third-order valence-electron chi connectivity index (χ3n) is 9.33. The summed E-state index contributed by atoms with van der Waals surface area (Å²) in [7, 11) is 4.62. The number of hydrogen-bond donors (Lipinski definition) is 3. The fourth-order valence-corrected chi connectivity index (χ4v) is 6.42. The Morgan fingerprint density at radius 2 is 1.67 bits per heavy atom. The number of fused-ring (bicyclic) bond motifs is 1. The van der Waals surface area contributed by atoms with Gasteiger partial charge in [0.25, 0.3) is 5.91 Å². The first-order chi connectivity index (χ1) is 26.4. The molecule has 1 aliphatic rings. The van der Waals surface area contributed by atoms with E-state index in [1.54, 1.807) is 31.4 Å². The number of methoxy groups -OCH3 is 1. The van der Waals surface area contributed by atoms with Gasteiger partial charge in [0, 0.05) is 20.6 Å². The minimum Gasteiger partial charge on any atom is -0.493 e. The van der Waals surface area contributed by atoms with Crippen molar-refractivity contribution in [1.82, 2.24) is 25.8 Å². The van der Waals surface area contributed by atoms with E-state index in [1.807, 2.05) is 69.3 Å². The minimum absolute atomic E-state index is 0.0178. The summed E-state index contributed by atoms with van der Waals surface area (Å²) in [6.45, 7) is 6.33. The number of ether oxygens (including phenoxy) is 3. The maximum atomic E-state index is 13.9. The largest absolute Gasteiger partial charge is 0.493 e. The van der Waals surface area contributed by atoms with Gasteiger partial charge in [0.15, 0.2) is 11.5 Å². The molecule has 1 heterocycles. The Morgan fingerprint density at radius 1 is 0.945 bits per heavy atom. The Hall–Kier alpha value is -5.59. The molecule has 55 heavy (non-hydrogen) atoms. The van der Waals surface area contributed by atoms with Crippen molar-refractivity contribution in [1.29, 1.82) is 0 Å². The molecule has 0 saturated carbocycles. The molecule has 0 aliphatic carbocycles. The molecule has 1 aliphatic heterocycles. The van der Waals surface area contributed by atoms with Crippen molar-refractivity contribution in [3.8, 4) is 17.2 Å². The number of aryl methyl sites for hydroxylation is 1. The van der Waals surface area contributed by atoms with E-state index in [-0.39, 0.29) is 36.9 Å². The second-order valence-electron chi connectivity index (χ2n) is 14.1. The standard InChI is InChI=1S/C42H55N5O8/c1-7-54-36-20-19-30(24-37(36)53-6)16-13-21-43-41(51)33-25-39(49)47(5)34(22-28(2)3)42(52)46(4)26-38(48)44-31(23-29-14-9-8-10-15-29)27-55-35-18-12-11-17-32(35)40(50)45-33/h8-12,14-15,17-20,24,28,31,33-34H,7,13,16,21-23,25-27H2,1-6H3,(H,43,51)(H,44,48)(H,45,50)/t31-,33+,34+/m1/s1. The van der Waals surface area contributed by atoms with E-state index >= 15 is 0 Å². The Labute approximate surface area is 324 Å². The maximum Gasteiger partial charge on any atom is 0.255 e. The predicted molar refractivity (Wildman–Crippen MR) is 209 cm³/mol. The van der Waals surface area contributed by atoms with Gasteiger partial charge in [-0.2, -0.15) is 0 Å². The highest BCUT2D eigenvalue weighted by Crippen LogP contribution is 2.28. The molecule has 13 nitrogen and oxygen atoms in total. The van der Waals surface area contributed by atoms with Gasteiger partial charge in [0.2, 0.25) is 23.6 Å². The molecule has 0 saturated heterocycles. The highest BCUT2D eigenvalue weighted by Gasteiger charge is 2.34. The minimum atomic E-state index is -1.27. The van der Waals surface area contributed by atoms with Gasteiger partial charge < -0.3 is 40.0 Å². The number of likely N-dealkylation sites (N-methyl/N-ethyl adjacent to an activating group) is 2. The predicted octanol–water partition coefficient (Wildman–Crippen LogP) is 3.78. The van der Waals surface area contributed by atoms with Gasteiger partial charge in [-0.3, -0.25) is 24.0 Å². The Kier molecular flexibility index (Phi) is 15.9. The van der Waals surface area contributed by atoms with Crippen LogP contribution in [0.5, 0.6) is 17.2 Å². The molecule has 0 aromatic heterocycles. The monoisotopic (exact) mass is 757 g/mol. The van der Waals surface area contributed by atoms with Crippen LogP contribution in [0.3, 0.4) is 0 Å². The van der Waals surface area contributed by atoms with Crippen molar-refractivity contribution in [2.24, 2.45) is 5.92 Å². The molecule has 3 N–H and O–H groups in total. The summed E-state index contributed by atoms with van der Waals surface area (Å²) in [5.41, 5.74) is 2.11. The van der Waals surface area contributed by atoms with E-state index in [1.165, 1.54) is 23.9 Å². The van der Waals surface area contributed by atoms with Crippen molar-refractivity contribution in [3.63, 3.8) is 0 Å². The quantitative estimate of drug-likeness (QED) is 0.236. The molecule has 0 radical (unpaired) electrons. The highest BCUT2D eigenvalue weighted by atomic mass is 16.5. The van der Waals surface area contributed by atoms with Crippen LogP contribution in [0.15, 0.2) is 72.8 Å². The van der Waals surface area contributed by atoms with Crippen LogP contribution in [0.25, 0.3) is 0 Å². The van der Waals surface area contributed by atoms with Crippen LogP contribution < -0.4 is 30.2 Å². The summed E-state index contributed by atoms with van der Waals surface area (Å²) in [6.07, 6.45) is 1.55. The summed E-state index contributed by atoms with van der Waals surface area (Å²) in [5, 5.41) is 8.65.